The number of carbonyl (C=O) groups is 1. The average Bonchev–Trinajstić information content (AvgIpc) is 2.78. The second-order valence-corrected chi connectivity index (χ2v) is 4.29. The maximum absolute atomic E-state index is 11.9. The van der Waals surface area contributed by atoms with E-state index in [4.69, 9.17) is 4.74 Å². The number of amides is 1. The van der Waals surface area contributed by atoms with Gasteiger partial charge in [0.25, 0.3) is 5.91 Å². The summed E-state index contributed by atoms with van der Waals surface area (Å²) in [7, 11) is 0. The van der Waals surface area contributed by atoms with Crippen molar-refractivity contribution in [2.24, 2.45) is 0 Å². The third-order valence-electron chi connectivity index (χ3n) is 2.98. The molecule has 5 heteroatoms. The van der Waals surface area contributed by atoms with Crippen LogP contribution in [0.15, 0.2) is 0 Å². The molecule has 17 heavy (non-hydrogen) atoms. The van der Waals surface area contributed by atoms with Crippen molar-refractivity contribution in [1.29, 1.82) is 0 Å². The molecule has 0 aromatic carbocycles. The van der Waals surface area contributed by atoms with Crippen molar-refractivity contribution < 1.29 is 9.53 Å². The number of H-pyrrole nitrogens is 1. The van der Waals surface area contributed by atoms with Gasteiger partial charge in [-0.3, -0.25) is 9.89 Å². The monoisotopic (exact) mass is 237 g/mol. The number of nitrogens with one attached hydrogen (secondary N) is 2. The minimum atomic E-state index is -0.0934. The number of aromatic amines is 1. The summed E-state index contributed by atoms with van der Waals surface area (Å²) in [5.41, 5.74) is 2.45. The number of unbranched alkanes of at least 4 members (excludes halogenated alkanes) is 2. The van der Waals surface area contributed by atoms with Gasteiger partial charge in [-0.15, -0.1) is 0 Å². The van der Waals surface area contributed by atoms with Crippen LogP contribution < -0.4 is 5.32 Å². The Bertz CT molecular complexity index is 387. The first kappa shape index (κ1) is 12.1. The molecule has 1 aliphatic heterocycles. The highest BCUT2D eigenvalue weighted by Gasteiger charge is 2.21. The Kier molecular flexibility index (Phi) is 4.14. The molecule has 0 spiro atoms. The van der Waals surface area contributed by atoms with Crippen LogP contribution in [-0.2, 0) is 17.8 Å². The molecule has 5 nitrogen and oxygen atoms in total. The van der Waals surface area contributed by atoms with Gasteiger partial charge in [0.15, 0.2) is 5.69 Å². The first-order chi connectivity index (χ1) is 8.33. The number of carbonyl (C=O) groups excluding carboxylic acids is 1. The highest BCUT2D eigenvalue weighted by Crippen LogP contribution is 2.17. The summed E-state index contributed by atoms with van der Waals surface area (Å²) < 4.78 is 5.35. The van der Waals surface area contributed by atoms with E-state index in [0.717, 1.165) is 43.5 Å². The molecule has 0 bridgehead atoms. The molecular formula is C12H19N3O2. The molecular weight excluding hydrogens is 218 g/mol. The van der Waals surface area contributed by atoms with Crippen LogP contribution in [0.4, 0.5) is 0 Å². The van der Waals surface area contributed by atoms with Crippen LogP contribution in [0.3, 0.4) is 0 Å². The number of fused-ring (bicyclic) bond motifs is 1. The highest BCUT2D eigenvalue weighted by atomic mass is 16.5. The lowest BCUT2D eigenvalue weighted by Gasteiger charge is -2.12. The molecule has 0 aliphatic carbocycles. The average molecular weight is 237 g/mol. The summed E-state index contributed by atoms with van der Waals surface area (Å²) in [6, 6.07) is 0. The molecule has 0 unspecified atom stereocenters. The Labute approximate surface area is 101 Å². The molecule has 0 fully saturated rings. The van der Waals surface area contributed by atoms with E-state index >= 15 is 0 Å². The molecule has 1 aromatic heterocycles. The van der Waals surface area contributed by atoms with Crippen molar-refractivity contribution in [2.75, 3.05) is 13.2 Å². The predicted octanol–water partition coefficient (Wildman–Crippen LogP) is 1.40. The van der Waals surface area contributed by atoms with Gasteiger partial charge in [0.1, 0.15) is 0 Å². The van der Waals surface area contributed by atoms with Gasteiger partial charge in [-0.2, -0.15) is 5.10 Å². The maximum Gasteiger partial charge on any atom is 0.272 e. The molecule has 1 amide bonds. The van der Waals surface area contributed by atoms with Crippen LogP contribution in [-0.4, -0.2) is 29.3 Å². The van der Waals surface area contributed by atoms with Gasteiger partial charge in [-0.1, -0.05) is 19.8 Å². The smallest absolute Gasteiger partial charge is 0.272 e. The summed E-state index contributed by atoms with van der Waals surface area (Å²) >= 11 is 0. The van der Waals surface area contributed by atoms with E-state index in [9.17, 15) is 4.79 Å². The highest BCUT2D eigenvalue weighted by molar-refractivity contribution is 5.93. The summed E-state index contributed by atoms with van der Waals surface area (Å²) in [6.07, 6.45) is 4.13. The van der Waals surface area contributed by atoms with Gasteiger partial charge >= 0.3 is 0 Å². The second kappa shape index (κ2) is 5.82. The summed E-state index contributed by atoms with van der Waals surface area (Å²) in [4.78, 5) is 11.9. The Morgan fingerprint density at radius 2 is 2.41 bits per heavy atom. The molecule has 2 heterocycles. The van der Waals surface area contributed by atoms with E-state index < -0.39 is 0 Å². The standard InChI is InChI=1S/C12H19N3O2/c1-2-3-4-6-13-12(16)11-9-8-17-7-5-10(9)14-15-11/h2-8H2,1H3,(H,13,16)(H,14,15). The van der Waals surface area contributed by atoms with E-state index in [2.05, 4.69) is 22.4 Å². The Morgan fingerprint density at radius 3 is 3.24 bits per heavy atom. The SMILES string of the molecule is CCCCCNC(=O)c1n[nH]c2c1COCC2. The zero-order valence-corrected chi connectivity index (χ0v) is 10.2. The Balaban J connectivity index is 1.92. The largest absolute Gasteiger partial charge is 0.376 e. The minimum Gasteiger partial charge on any atom is -0.376 e. The number of ether oxygens (including phenoxy) is 1. The molecule has 0 radical (unpaired) electrons. The van der Waals surface area contributed by atoms with Gasteiger partial charge in [0.2, 0.25) is 0 Å². The van der Waals surface area contributed by atoms with Crippen molar-refractivity contribution >= 4 is 5.91 Å². The molecule has 2 rings (SSSR count). The fraction of sp³-hybridized carbons (Fsp3) is 0.667. The second-order valence-electron chi connectivity index (χ2n) is 4.29. The van der Waals surface area contributed by atoms with Crippen molar-refractivity contribution in [3.05, 3.63) is 17.0 Å². The fourth-order valence-corrected chi connectivity index (χ4v) is 1.96. The van der Waals surface area contributed by atoms with Crippen molar-refractivity contribution in [3.63, 3.8) is 0 Å². The zero-order valence-electron chi connectivity index (χ0n) is 10.2. The van der Waals surface area contributed by atoms with Gasteiger partial charge in [0, 0.05) is 24.2 Å². The number of rotatable bonds is 5. The zero-order chi connectivity index (χ0) is 12.1. The van der Waals surface area contributed by atoms with Crippen LogP contribution >= 0.6 is 0 Å². The quantitative estimate of drug-likeness (QED) is 0.761. The van der Waals surface area contributed by atoms with E-state index in [1.54, 1.807) is 0 Å². The number of nitrogens with zero attached hydrogens (tertiary/aromatic N) is 1. The van der Waals surface area contributed by atoms with Crippen LogP contribution in [0, 0.1) is 0 Å². The molecule has 94 valence electrons. The number of hydrogen-bond donors (Lipinski definition) is 2. The molecule has 1 aromatic rings. The van der Waals surface area contributed by atoms with E-state index in [1.165, 1.54) is 0 Å². The first-order valence-electron chi connectivity index (χ1n) is 6.25. The van der Waals surface area contributed by atoms with Crippen LogP contribution in [0.1, 0.15) is 47.9 Å². The summed E-state index contributed by atoms with van der Waals surface area (Å²) in [6.45, 7) is 4.05. The number of aromatic nitrogens is 2. The lowest BCUT2D eigenvalue weighted by molar-refractivity contribution is 0.0924. The lowest BCUT2D eigenvalue weighted by atomic mass is 10.1. The third kappa shape index (κ3) is 2.85. The van der Waals surface area contributed by atoms with E-state index in [1.807, 2.05) is 0 Å². The maximum atomic E-state index is 11.9. The van der Waals surface area contributed by atoms with Crippen LogP contribution in [0.25, 0.3) is 0 Å². The van der Waals surface area contributed by atoms with Crippen LogP contribution in [0.5, 0.6) is 0 Å². The molecule has 0 atom stereocenters. The van der Waals surface area contributed by atoms with Crippen molar-refractivity contribution in [3.8, 4) is 0 Å². The first-order valence-corrected chi connectivity index (χ1v) is 6.25. The topological polar surface area (TPSA) is 67.0 Å². The van der Waals surface area contributed by atoms with Crippen LogP contribution in [0.2, 0.25) is 0 Å². The number of hydrogen-bond acceptors (Lipinski definition) is 3. The Hall–Kier alpha value is -1.36. The fourth-order valence-electron chi connectivity index (χ4n) is 1.96. The predicted molar refractivity (Wildman–Crippen MR) is 63.8 cm³/mol. The molecule has 2 N–H and O–H groups in total. The van der Waals surface area contributed by atoms with Gasteiger partial charge in [-0.05, 0) is 6.42 Å². The van der Waals surface area contributed by atoms with Crippen molar-refractivity contribution in [2.45, 2.75) is 39.2 Å². The molecule has 0 saturated carbocycles. The lowest BCUT2D eigenvalue weighted by Crippen LogP contribution is -2.26. The molecule has 0 saturated heterocycles. The third-order valence-corrected chi connectivity index (χ3v) is 2.98. The van der Waals surface area contributed by atoms with Crippen molar-refractivity contribution in [1.82, 2.24) is 15.5 Å². The summed E-state index contributed by atoms with van der Waals surface area (Å²) in [5, 5.41) is 9.89. The molecule has 1 aliphatic rings. The van der Waals surface area contributed by atoms with E-state index in [-0.39, 0.29) is 5.91 Å². The normalized spacial score (nSPS) is 14.4. The van der Waals surface area contributed by atoms with E-state index in [0.29, 0.717) is 18.9 Å². The van der Waals surface area contributed by atoms with Gasteiger partial charge < -0.3 is 10.1 Å². The van der Waals surface area contributed by atoms with Gasteiger partial charge in [0.05, 0.1) is 13.2 Å². The summed E-state index contributed by atoms with van der Waals surface area (Å²) in [5.74, 6) is -0.0934. The minimum absolute atomic E-state index is 0.0934. The van der Waals surface area contributed by atoms with Gasteiger partial charge in [-0.25, -0.2) is 0 Å². The Morgan fingerprint density at radius 1 is 1.53 bits per heavy atom.